The van der Waals surface area contributed by atoms with E-state index in [1.54, 1.807) is 0 Å². The average molecular weight is 257 g/mol. The van der Waals surface area contributed by atoms with Crippen molar-refractivity contribution in [1.29, 1.82) is 0 Å². The first-order chi connectivity index (χ1) is 7.79. The first kappa shape index (κ1) is 14.4. The molecular formula is C11H16F5N. The van der Waals surface area contributed by atoms with Gasteiger partial charge in [0.15, 0.2) is 6.04 Å². The van der Waals surface area contributed by atoms with Gasteiger partial charge in [-0.1, -0.05) is 19.4 Å². The van der Waals surface area contributed by atoms with Gasteiger partial charge in [0.2, 0.25) is 0 Å². The minimum atomic E-state index is -4.94. The summed E-state index contributed by atoms with van der Waals surface area (Å²) >= 11 is 0. The third-order valence-electron chi connectivity index (χ3n) is 2.95. The second kappa shape index (κ2) is 5.33. The molecule has 100 valence electrons. The van der Waals surface area contributed by atoms with Crippen molar-refractivity contribution in [2.24, 2.45) is 0 Å². The fourth-order valence-electron chi connectivity index (χ4n) is 2.13. The van der Waals surface area contributed by atoms with Crippen LogP contribution < -0.4 is 0 Å². The van der Waals surface area contributed by atoms with Crippen LogP contribution in [0.3, 0.4) is 0 Å². The second-order valence-electron chi connectivity index (χ2n) is 4.27. The molecule has 1 unspecified atom stereocenters. The molecule has 0 aromatic heterocycles. The zero-order valence-electron chi connectivity index (χ0n) is 9.44. The molecule has 0 radical (unpaired) electrons. The summed E-state index contributed by atoms with van der Waals surface area (Å²) < 4.78 is 65.0. The van der Waals surface area contributed by atoms with E-state index in [9.17, 15) is 22.0 Å². The van der Waals surface area contributed by atoms with Gasteiger partial charge in [0.05, 0.1) is 0 Å². The van der Waals surface area contributed by atoms with E-state index in [0.717, 1.165) is 17.7 Å². The zero-order valence-corrected chi connectivity index (χ0v) is 9.44. The van der Waals surface area contributed by atoms with E-state index in [0.29, 0.717) is 12.8 Å². The van der Waals surface area contributed by atoms with Gasteiger partial charge in [-0.05, 0) is 32.0 Å². The van der Waals surface area contributed by atoms with Gasteiger partial charge in [0.1, 0.15) is 0 Å². The summed E-state index contributed by atoms with van der Waals surface area (Å²) in [5.41, 5.74) is 0. The molecule has 0 amide bonds. The van der Waals surface area contributed by atoms with E-state index in [2.05, 4.69) is 6.58 Å². The van der Waals surface area contributed by atoms with Crippen molar-refractivity contribution in [3.8, 4) is 0 Å². The molecular weight excluding hydrogens is 241 g/mol. The minimum absolute atomic E-state index is 0.0631. The molecule has 0 aliphatic carbocycles. The van der Waals surface area contributed by atoms with Crippen molar-refractivity contribution < 1.29 is 22.0 Å². The van der Waals surface area contributed by atoms with Crippen molar-refractivity contribution in [2.45, 2.75) is 43.8 Å². The van der Waals surface area contributed by atoms with E-state index >= 15 is 0 Å². The highest BCUT2D eigenvalue weighted by Gasteiger charge is 2.56. The van der Waals surface area contributed by atoms with Gasteiger partial charge in [-0.3, -0.25) is 4.90 Å². The Hall–Kier alpha value is -0.650. The van der Waals surface area contributed by atoms with Gasteiger partial charge < -0.3 is 0 Å². The van der Waals surface area contributed by atoms with Gasteiger partial charge >= 0.3 is 6.18 Å². The highest BCUT2D eigenvalue weighted by atomic mass is 19.4. The van der Waals surface area contributed by atoms with E-state index in [-0.39, 0.29) is 19.2 Å². The van der Waals surface area contributed by atoms with Crippen LogP contribution in [0, 0.1) is 0 Å². The largest absolute Gasteiger partial charge is 0.410 e. The normalized spacial score (nSPS) is 21.9. The quantitative estimate of drug-likeness (QED) is 0.551. The number of likely N-dealkylation sites (tertiary alicyclic amines) is 1. The number of halogens is 5. The van der Waals surface area contributed by atoms with Gasteiger partial charge in [-0.2, -0.15) is 22.0 Å². The lowest BCUT2D eigenvalue weighted by Gasteiger charge is -2.35. The third-order valence-corrected chi connectivity index (χ3v) is 2.95. The maximum absolute atomic E-state index is 13.4. The van der Waals surface area contributed by atoms with Crippen molar-refractivity contribution >= 4 is 0 Å². The lowest BCUT2D eigenvalue weighted by atomic mass is 10.1. The number of alkyl halides is 5. The minimum Gasteiger partial charge on any atom is -0.287 e. The van der Waals surface area contributed by atoms with Crippen molar-refractivity contribution in [1.82, 2.24) is 4.90 Å². The van der Waals surface area contributed by atoms with E-state index in [4.69, 9.17) is 0 Å². The molecule has 0 N–H and O–H groups in total. The average Bonchev–Trinajstić information content (AvgIpc) is 2.44. The molecule has 17 heavy (non-hydrogen) atoms. The van der Waals surface area contributed by atoms with Crippen LogP contribution in [0.2, 0.25) is 0 Å². The summed E-state index contributed by atoms with van der Waals surface area (Å²) in [5, 5.41) is 0. The molecule has 0 aromatic rings. The van der Waals surface area contributed by atoms with Crippen LogP contribution >= 0.6 is 0 Å². The van der Waals surface area contributed by atoms with Crippen LogP contribution in [-0.4, -0.2) is 36.1 Å². The first-order valence-corrected chi connectivity index (χ1v) is 5.61. The predicted octanol–water partition coefficient (Wildman–Crippen LogP) is 3.61. The van der Waals surface area contributed by atoms with Gasteiger partial charge in [-0.15, -0.1) is 0 Å². The molecule has 0 spiro atoms. The Morgan fingerprint density at radius 3 is 1.76 bits per heavy atom. The molecule has 1 aliphatic rings. The Kier molecular flexibility index (Phi) is 4.52. The Balaban J connectivity index is 2.93. The molecule has 1 nitrogen and oxygen atoms in total. The lowest BCUT2D eigenvalue weighted by Crippen LogP contribution is -2.55. The topological polar surface area (TPSA) is 3.24 Å². The molecule has 1 heterocycles. The summed E-state index contributed by atoms with van der Waals surface area (Å²) in [7, 11) is 0. The van der Waals surface area contributed by atoms with Crippen LogP contribution in [0.15, 0.2) is 12.7 Å². The second-order valence-corrected chi connectivity index (χ2v) is 4.27. The third kappa shape index (κ3) is 3.66. The predicted molar refractivity (Wildman–Crippen MR) is 55.0 cm³/mol. The van der Waals surface area contributed by atoms with Crippen LogP contribution in [0.1, 0.15) is 25.7 Å². The Labute approximate surface area is 97.3 Å². The number of nitrogens with zero attached hydrogens (tertiary/aromatic N) is 1. The molecule has 6 heteroatoms. The summed E-state index contributed by atoms with van der Waals surface area (Å²) in [6.45, 7) is 2.93. The maximum Gasteiger partial charge on any atom is 0.410 e. The van der Waals surface area contributed by atoms with E-state index in [1.165, 1.54) is 0 Å². The van der Waals surface area contributed by atoms with E-state index in [1.807, 2.05) is 0 Å². The van der Waals surface area contributed by atoms with Gasteiger partial charge in [0, 0.05) is 0 Å². The summed E-state index contributed by atoms with van der Waals surface area (Å²) in [6, 6.07) is -2.74. The summed E-state index contributed by atoms with van der Waals surface area (Å²) in [5.74, 6) is -3.94. The zero-order chi connectivity index (χ0) is 13.1. The maximum atomic E-state index is 13.4. The monoisotopic (exact) mass is 257 g/mol. The molecule has 1 fully saturated rings. The number of rotatable bonds is 3. The number of hydrogen-bond donors (Lipinski definition) is 0. The van der Waals surface area contributed by atoms with Crippen LogP contribution in [0.4, 0.5) is 22.0 Å². The molecule has 0 bridgehead atoms. The summed E-state index contributed by atoms with van der Waals surface area (Å²) in [6.07, 6.45) is -2.21. The van der Waals surface area contributed by atoms with Gasteiger partial charge in [-0.25, -0.2) is 0 Å². The highest BCUT2D eigenvalue weighted by Crippen LogP contribution is 2.37. The molecule has 1 atom stereocenters. The van der Waals surface area contributed by atoms with Crippen LogP contribution in [-0.2, 0) is 0 Å². The fraction of sp³-hybridized carbons (Fsp3) is 0.818. The van der Waals surface area contributed by atoms with E-state index < -0.39 is 18.1 Å². The van der Waals surface area contributed by atoms with Crippen molar-refractivity contribution in [2.75, 3.05) is 13.1 Å². The number of hydrogen-bond acceptors (Lipinski definition) is 1. The summed E-state index contributed by atoms with van der Waals surface area (Å²) in [4.78, 5) is 0.842. The molecule has 1 rings (SSSR count). The van der Waals surface area contributed by atoms with Crippen molar-refractivity contribution in [3.63, 3.8) is 0 Å². The van der Waals surface area contributed by atoms with Crippen LogP contribution in [0.5, 0.6) is 0 Å². The Morgan fingerprint density at radius 2 is 1.41 bits per heavy atom. The molecule has 1 saturated heterocycles. The van der Waals surface area contributed by atoms with Gasteiger partial charge in [0.25, 0.3) is 5.92 Å². The SMILES string of the molecule is C=CC(F)(F)C(N1CCCCCC1)C(F)(F)F. The van der Waals surface area contributed by atoms with Crippen molar-refractivity contribution in [3.05, 3.63) is 12.7 Å². The Bertz CT molecular complexity index is 253. The fourth-order valence-corrected chi connectivity index (χ4v) is 2.13. The Morgan fingerprint density at radius 1 is 0.941 bits per heavy atom. The molecule has 0 saturated carbocycles. The smallest absolute Gasteiger partial charge is 0.287 e. The first-order valence-electron chi connectivity index (χ1n) is 5.61. The highest BCUT2D eigenvalue weighted by molar-refractivity contribution is 5.01. The lowest BCUT2D eigenvalue weighted by molar-refractivity contribution is -0.233. The standard InChI is InChI=1S/C11H16F5N/c1-2-10(12,13)9(11(14,15)16)17-7-5-3-4-6-8-17/h2,9H,1,3-8H2. The molecule has 1 aliphatic heterocycles. The van der Waals surface area contributed by atoms with Crippen LogP contribution in [0.25, 0.3) is 0 Å². The molecule has 0 aromatic carbocycles.